The van der Waals surface area contributed by atoms with Crippen molar-refractivity contribution in [2.45, 2.75) is 26.3 Å². The van der Waals surface area contributed by atoms with Gasteiger partial charge in [-0.25, -0.2) is 0 Å². The minimum atomic E-state index is -0.0122. The first-order valence-corrected chi connectivity index (χ1v) is 7.42. The number of hydrogen-bond acceptors (Lipinski definition) is 4. The van der Waals surface area contributed by atoms with Crippen LogP contribution in [0.1, 0.15) is 20.3 Å². The van der Waals surface area contributed by atoms with E-state index in [4.69, 9.17) is 5.73 Å². The van der Waals surface area contributed by atoms with E-state index in [1.165, 1.54) is 0 Å². The fourth-order valence-corrected chi connectivity index (χ4v) is 2.53. The minimum absolute atomic E-state index is 0.0122. The molecule has 18 heavy (non-hydrogen) atoms. The van der Waals surface area contributed by atoms with Crippen molar-refractivity contribution in [1.82, 2.24) is 9.80 Å². The molecule has 0 saturated carbocycles. The summed E-state index contributed by atoms with van der Waals surface area (Å²) >= 11 is 1.55. The molecule has 0 aliphatic carbocycles. The lowest BCUT2D eigenvalue weighted by Crippen LogP contribution is -2.41. The molecule has 0 aromatic carbocycles. The number of amides is 2. The average Bonchev–Trinajstić information content (AvgIpc) is 2.71. The SMILES string of the molecule is CC(C)C(N)CCN(C)C(=O)CN1CSCC1=O. The summed E-state index contributed by atoms with van der Waals surface area (Å²) in [6.07, 6.45) is 0.794. The van der Waals surface area contributed by atoms with Crippen molar-refractivity contribution in [2.75, 3.05) is 31.8 Å². The Labute approximate surface area is 113 Å². The molecule has 1 unspecified atom stereocenters. The molecular formula is C12H23N3O2S. The first kappa shape index (κ1) is 15.3. The van der Waals surface area contributed by atoms with Gasteiger partial charge in [0.25, 0.3) is 0 Å². The van der Waals surface area contributed by atoms with Crippen LogP contribution < -0.4 is 5.73 Å². The van der Waals surface area contributed by atoms with E-state index in [1.54, 1.807) is 28.6 Å². The average molecular weight is 273 g/mol. The first-order valence-electron chi connectivity index (χ1n) is 6.27. The summed E-state index contributed by atoms with van der Waals surface area (Å²) in [5, 5.41) is 0. The molecule has 1 aliphatic heterocycles. The monoisotopic (exact) mass is 273 g/mol. The Kier molecular flexibility index (Phi) is 5.95. The summed E-state index contributed by atoms with van der Waals surface area (Å²) in [6, 6.07) is 0.115. The van der Waals surface area contributed by atoms with E-state index in [9.17, 15) is 9.59 Å². The van der Waals surface area contributed by atoms with Gasteiger partial charge in [-0.2, -0.15) is 0 Å². The lowest BCUT2D eigenvalue weighted by atomic mass is 10.0. The van der Waals surface area contributed by atoms with E-state index in [1.807, 2.05) is 0 Å². The predicted octanol–water partition coefficient (Wildman–Crippen LogP) is 0.351. The lowest BCUT2D eigenvalue weighted by Gasteiger charge is -2.23. The molecule has 1 rings (SSSR count). The Hall–Kier alpha value is -0.750. The smallest absolute Gasteiger partial charge is 0.241 e. The Morgan fingerprint density at radius 1 is 1.56 bits per heavy atom. The van der Waals surface area contributed by atoms with Crippen molar-refractivity contribution < 1.29 is 9.59 Å². The number of carbonyl (C=O) groups excluding carboxylic acids is 2. The zero-order valence-corrected chi connectivity index (χ0v) is 12.2. The van der Waals surface area contributed by atoms with Crippen LogP contribution in [0, 0.1) is 5.92 Å². The number of carbonyl (C=O) groups is 2. The van der Waals surface area contributed by atoms with E-state index in [2.05, 4.69) is 13.8 Å². The Morgan fingerprint density at radius 3 is 2.72 bits per heavy atom. The van der Waals surface area contributed by atoms with Crippen molar-refractivity contribution in [3.8, 4) is 0 Å². The zero-order chi connectivity index (χ0) is 13.7. The van der Waals surface area contributed by atoms with Crippen LogP contribution in [0.25, 0.3) is 0 Å². The highest BCUT2D eigenvalue weighted by Gasteiger charge is 2.24. The quantitative estimate of drug-likeness (QED) is 0.758. The molecule has 2 N–H and O–H groups in total. The number of nitrogens with zero attached hydrogens (tertiary/aromatic N) is 2. The van der Waals surface area contributed by atoms with Gasteiger partial charge < -0.3 is 15.5 Å². The molecule has 1 atom stereocenters. The van der Waals surface area contributed by atoms with Crippen LogP contribution in [-0.2, 0) is 9.59 Å². The Bertz CT molecular complexity index is 310. The largest absolute Gasteiger partial charge is 0.344 e. The molecule has 1 heterocycles. The van der Waals surface area contributed by atoms with Crippen LogP contribution in [0.15, 0.2) is 0 Å². The summed E-state index contributed by atoms with van der Waals surface area (Å²) in [6.45, 7) is 4.99. The maximum atomic E-state index is 11.9. The molecule has 0 radical (unpaired) electrons. The molecule has 104 valence electrons. The van der Waals surface area contributed by atoms with Crippen molar-refractivity contribution in [3.63, 3.8) is 0 Å². The number of rotatable bonds is 6. The predicted molar refractivity (Wildman–Crippen MR) is 74.1 cm³/mol. The third kappa shape index (κ3) is 4.49. The zero-order valence-electron chi connectivity index (χ0n) is 11.4. The van der Waals surface area contributed by atoms with Crippen LogP contribution in [0.4, 0.5) is 0 Å². The molecule has 1 fully saturated rings. The number of nitrogens with two attached hydrogens (primary N) is 1. The van der Waals surface area contributed by atoms with E-state index in [0.717, 1.165) is 6.42 Å². The van der Waals surface area contributed by atoms with Crippen molar-refractivity contribution in [2.24, 2.45) is 11.7 Å². The van der Waals surface area contributed by atoms with Crippen molar-refractivity contribution >= 4 is 23.6 Å². The van der Waals surface area contributed by atoms with Gasteiger partial charge in [0.2, 0.25) is 11.8 Å². The fourth-order valence-electron chi connectivity index (χ4n) is 1.62. The fraction of sp³-hybridized carbons (Fsp3) is 0.833. The Morgan fingerprint density at radius 2 is 2.22 bits per heavy atom. The van der Waals surface area contributed by atoms with Crippen molar-refractivity contribution in [3.05, 3.63) is 0 Å². The van der Waals surface area contributed by atoms with Gasteiger partial charge in [-0.05, 0) is 12.3 Å². The number of likely N-dealkylation sites (N-methyl/N-ethyl adjacent to an activating group) is 1. The lowest BCUT2D eigenvalue weighted by molar-refractivity contribution is -0.137. The first-order chi connectivity index (χ1) is 8.41. The molecule has 1 saturated heterocycles. The number of hydrogen-bond donors (Lipinski definition) is 1. The van der Waals surface area contributed by atoms with Gasteiger partial charge in [-0.1, -0.05) is 13.8 Å². The molecule has 0 aromatic heterocycles. The van der Waals surface area contributed by atoms with E-state index < -0.39 is 0 Å². The summed E-state index contributed by atoms with van der Waals surface area (Å²) in [5.74, 6) is 1.59. The molecule has 5 nitrogen and oxygen atoms in total. The van der Waals surface area contributed by atoms with E-state index in [0.29, 0.717) is 24.1 Å². The normalized spacial score (nSPS) is 17.4. The highest BCUT2D eigenvalue weighted by molar-refractivity contribution is 8.00. The highest BCUT2D eigenvalue weighted by atomic mass is 32.2. The second-order valence-electron chi connectivity index (χ2n) is 5.08. The third-order valence-corrected chi connectivity index (χ3v) is 4.18. The van der Waals surface area contributed by atoms with Crippen LogP contribution in [0.5, 0.6) is 0 Å². The Balaban J connectivity index is 2.30. The maximum absolute atomic E-state index is 11.9. The van der Waals surface area contributed by atoms with Crippen LogP contribution in [-0.4, -0.2) is 59.4 Å². The minimum Gasteiger partial charge on any atom is -0.344 e. The molecule has 0 bridgehead atoms. The summed E-state index contributed by atoms with van der Waals surface area (Å²) in [7, 11) is 1.77. The second kappa shape index (κ2) is 6.99. The summed E-state index contributed by atoms with van der Waals surface area (Å²) in [5.41, 5.74) is 5.94. The van der Waals surface area contributed by atoms with Crippen LogP contribution in [0.2, 0.25) is 0 Å². The molecule has 2 amide bonds. The second-order valence-corrected chi connectivity index (χ2v) is 6.04. The molecule has 6 heteroatoms. The van der Waals surface area contributed by atoms with Gasteiger partial charge in [0.15, 0.2) is 0 Å². The van der Waals surface area contributed by atoms with Gasteiger partial charge in [0.05, 0.1) is 11.6 Å². The van der Waals surface area contributed by atoms with E-state index in [-0.39, 0.29) is 24.4 Å². The molecule has 0 aromatic rings. The van der Waals surface area contributed by atoms with Gasteiger partial charge >= 0.3 is 0 Å². The third-order valence-electron chi connectivity index (χ3n) is 3.23. The van der Waals surface area contributed by atoms with Crippen molar-refractivity contribution in [1.29, 1.82) is 0 Å². The molecule has 0 spiro atoms. The van der Waals surface area contributed by atoms with Gasteiger partial charge in [0, 0.05) is 19.6 Å². The standard InChI is InChI=1S/C12H23N3O2S/c1-9(2)10(13)4-5-14(3)11(16)6-15-8-18-7-12(15)17/h9-10H,4-8,13H2,1-3H3. The van der Waals surface area contributed by atoms with E-state index >= 15 is 0 Å². The number of thioether (sulfide) groups is 1. The van der Waals surface area contributed by atoms with Crippen LogP contribution >= 0.6 is 11.8 Å². The summed E-state index contributed by atoms with van der Waals surface area (Å²) in [4.78, 5) is 26.6. The van der Waals surface area contributed by atoms with Crippen LogP contribution in [0.3, 0.4) is 0 Å². The van der Waals surface area contributed by atoms with Gasteiger partial charge in [-0.15, -0.1) is 11.8 Å². The molecule has 1 aliphatic rings. The maximum Gasteiger partial charge on any atom is 0.241 e. The highest BCUT2D eigenvalue weighted by Crippen LogP contribution is 2.14. The van der Waals surface area contributed by atoms with Gasteiger partial charge in [-0.3, -0.25) is 9.59 Å². The topological polar surface area (TPSA) is 66.6 Å². The summed E-state index contributed by atoms with van der Waals surface area (Å²) < 4.78 is 0. The van der Waals surface area contributed by atoms with Gasteiger partial charge in [0.1, 0.15) is 6.54 Å². The molecular weight excluding hydrogens is 250 g/mol.